The topological polar surface area (TPSA) is 89.3 Å². The number of hydrogen-bond acceptors (Lipinski definition) is 5. The molecule has 3 aromatic rings. The van der Waals surface area contributed by atoms with E-state index in [-0.39, 0.29) is 18.0 Å². The minimum absolute atomic E-state index is 0.0570. The molecule has 1 heterocycles. The maximum absolute atomic E-state index is 11.9. The van der Waals surface area contributed by atoms with Crippen molar-refractivity contribution in [3.05, 3.63) is 66.7 Å². The SMILES string of the molecule is O=C(Nc1cc(-n2cnnc2)ccc1O)OCc1ccccc1. The molecule has 0 saturated carbocycles. The van der Waals surface area contributed by atoms with E-state index in [2.05, 4.69) is 15.5 Å². The third kappa shape index (κ3) is 3.65. The van der Waals surface area contributed by atoms with Crippen molar-refractivity contribution in [3.8, 4) is 11.4 Å². The number of hydrogen-bond donors (Lipinski definition) is 2. The molecule has 7 nitrogen and oxygen atoms in total. The number of phenols is 1. The van der Waals surface area contributed by atoms with Crippen LogP contribution in [0.25, 0.3) is 5.69 Å². The van der Waals surface area contributed by atoms with Gasteiger partial charge < -0.3 is 9.84 Å². The summed E-state index contributed by atoms with van der Waals surface area (Å²) < 4.78 is 6.78. The molecule has 0 bridgehead atoms. The van der Waals surface area contributed by atoms with E-state index in [1.54, 1.807) is 16.7 Å². The van der Waals surface area contributed by atoms with Gasteiger partial charge in [-0.3, -0.25) is 9.88 Å². The highest BCUT2D eigenvalue weighted by molar-refractivity contribution is 5.87. The number of aromatic nitrogens is 3. The Morgan fingerprint density at radius 2 is 1.87 bits per heavy atom. The summed E-state index contributed by atoms with van der Waals surface area (Å²) in [6, 6.07) is 14.1. The van der Waals surface area contributed by atoms with Crippen LogP contribution >= 0.6 is 0 Å². The molecule has 2 aromatic carbocycles. The van der Waals surface area contributed by atoms with E-state index in [0.717, 1.165) is 5.56 Å². The first kappa shape index (κ1) is 14.6. The Hall–Kier alpha value is -3.35. The fourth-order valence-electron chi connectivity index (χ4n) is 1.99. The quantitative estimate of drug-likeness (QED) is 0.723. The summed E-state index contributed by atoms with van der Waals surface area (Å²) in [4.78, 5) is 11.9. The molecule has 3 rings (SSSR count). The van der Waals surface area contributed by atoms with E-state index in [9.17, 15) is 9.90 Å². The second kappa shape index (κ2) is 6.61. The van der Waals surface area contributed by atoms with E-state index in [4.69, 9.17) is 4.74 Å². The van der Waals surface area contributed by atoms with Crippen molar-refractivity contribution in [3.63, 3.8) is 0 Å². The highest BCUT2D eigenvalue weighted by Crippen LogP contribution is 2.26. The number of nitrogens with one attached hydrogen (secondary N) is 1. The molecule has 2 N–H and O–H groups in total. The van der Waals surface area contributed by atoms with Gasteiger partial charge in [0.2, 0.25) is 0 Å². The summed E-state index contributed by atoms with van der Waals surface area (Å²) in [7, 11) is 0. The number of nitrogens with zero attached hydrogens (tertiary/aromatic N) is 3. The molecular weight excluding hydrogens is 296 g/mol. The number of benzene rings is 2. The zero-order valence-electron chi connectivity index (χ0n) is 12.1. The van der Waals surface area contributed by atoms with Gasteiger partial charge in [-0.25, -0.2) is 4.79 Å². The Morgan fingerprint density at radius 3 is 2.61 bits per heavy atom. The zero-order chi connectivity index (χ0) is 16.1. The van der Waals surface area contributed by atoms with E-state index < -0.39 is 6.09 Å². The third-order valence-corrected chi connectivity index (χ3v) is 3.15. The summed E-state index contributed by atoms with van der Waals surface area (Å²) in [5.74, 6) is -0.0570. The highest BCUT2D eigenvalue weighted by Gasteiger charge is 2.09. The van der Waals surface area contributed by atoms with Crippen LogP contribution in [0.1, 0.15) is 5.56 Å². The van der Waals surface area contributed by atoms with E-state index in [1.165, 1.54) is 18.7 Å². The van der Waals surface area contributed by atoms with Crippen molar-refractivity contribution < 1.29 is 14.6 Å². The highest BCUT2D eigenvalue weighted by atomic mass is 16.5. The van der Waals surface area contributed by atoms with Crippen LogP contribution in [0.5, 0.6) is 5.75 Å². The molecule has 23 heavy (non-hydrogen) atoms. The molecule has 0 aliphatic carbocycles. The minimum atomic E-state index is -0.648. The van der Waals surface area contributed by atoms with Crippen molar-refractivity contribution >= 4 is 11.8 Å². The minimum Gasteiger partial charge on any atom is -0.506 e. The van der Waals surface area contributed by atoms with Crippen molar-refractivity contribution in [1.29, 1.82) is 0 Å². The van der Waals surface area contributed by atoms with Gasteiger partial charge in [-0.15, -0.1) is 10.2 Å². The lowest BCUT2D eigenvalue weighted by Crippen LogP contribution is -2.13. The average Bonchev–Trinajstić information content (AvgIpc) is 3.10. The van der Waals surface area contributed by atoms with Crippen LogP contribution in [0.3, 0.4) is 0 Å². The van der Waals surface area contributed by atoms with Gasteiger partial charge in [-0.2, -0.15) is 0 Å². The largest absolute Gasteiger partial charge is 0.506 e. The van der Waals surface area contributed by atoms with Crippen LogP contribution in [0.4, 0.5) is 10.5 Å². The van der Waals surface area contributed by atoms with Crippen LogP contribution in [0.15, 0.2) is 61.2 Å². The second-order valence-electron chi connectivity index (χ2n) is 4.76. The molecule has 0 spiro atoms. The molecule has 1 amide bonds. The Kier molecular flexibility index (Phi) is 4.19. The van der Waals surface area contributed by atoms with Crippen molar-refractivity contribution in [2.75, 3.05) is 5.32 Å². The normalized spacial score (nSPS) is 10.3. The van der Waals surface area contributed by atoms with Crippen LogP contribution in [0, 0.1) is 0 Å². The Balaban J connectivity index is 1.67. The van der Waals surface area contributed by atoms with Gasteiger partial charge in [-0.1, -0.05) is 30.3 Å². The Morgan fingerprint density at radius 1 is 1.13 bits per heavy atom. The fourth-order valence-corrected chi connectivity index (χ4v) is 1.99. The van der Waals surface area contributed by atoms with E-state index in [1.807, 2.05) is 30.3 Å². The van der Waals surface area contributed by atoms with Crippen molar-refractivity contribution in [1.82, 2.24) is 14.8 Å². The summed E-state index contributed by atoms with van der Waals surface area (Å²) in [6.07, 6.45) is 2.39. The number of carbonyl (C=O) groups is 1. The molecule has 0 fully saturated rings. The van der Waals surface area contributed by atoms with Gasteiger partial charge >= 0.3 is 6.09 Å². The molecule has 0 radical (unpaired) electrons. The monoisotopic (exact) mass is 310 g/mol. The predicted molar refractivity (Wildman–Crippen MR) is 83.3 cm³/mol. The number of phenolic OH excluding ortho intramolecular Hbond substituents is 1. The molecular formula is C16H14N4O3. The number of amides is 1. The van der Waals surface area contributed by atoms with Gasteiger partial charge in [0, 0.05) is 0 Å². The van der Waals surface area contributed by atoms with Crippen LogP contribution in [0.2, 0.25) is 0 Å². The van der Waals surface area contributed by atoms with Crippen LogP contribution in [-0.4, -0.2) is 26.0 Å². The number of aromatic hydroxyl groups is 1. The van der Waals surface area contributed by atoms with Gasteiger partial charge in [0.25, 0.3) is 0 Å². The molecule has 116 valence electrons. The van der Waals surface area contributed by atoms with E-state index in [0.29, 0.717) is 5.69 Å². The van der Waals surface area contributed by atoms with Crippen molar-refractivity contribution in [2.45, 2.75) is 6.61 Å². The van der Waals surface area contributed by atoms with Gasteiger partial charge in [0.1, 0.15) is 25.0 Å². The molecule has 0 aliphatic rings. The maximum Gasteiger partial charge on any atom is 0.412 e. The van der Waals surface area contributed by atoms with Gasteiger partial charge in [0.15, 0.2) is 0 Å². The number of anilines is 1. The van der Waals surface area contributed by atoms with Crippen molar-refractivity contribution in [2.24, 2.45) is 0 Å². The molecule has 0 saturated heterocycles. The van der Waals surface area contributed by atoms with Gasteiger partial charge in [0.05, 0.1) is 11.4 Å². The first-order chi connectivity index (χ1) is 11.2. The lowest BCUT2D eigenvalue weighted by molar-refractivity contribution is 0.155. The molecule has 0 aliphatic heterocycles. The second-order valence-corrected chi connectivity index (χ2v) is 4.76. The lowest BCUT2D eigenvalue weighted by Gasteiger charge is -2.10. The van der Waals surface area contributed by atoms with E-state index >= 15 is 0 Å². The number of ether oxygens (including phenoxy) is 1. The number of rotatable bonds is 4. The first-order valence-corrected chi connectivity index (χ1v) is 6.88. The Bertz CT molecular complexity index is 788. The predicted octanol–water partition coefficient (Wildman–Crippen LogP) is 2.72. The molecule has 0 unspecified atom stereocenters. The van der Waals surface area contributed by atoms with Crippen LogP contribution in [-0.2, 0) is 11.3 Å². The summed E-state index contributed by atoms with van der Waals surface area (Å²) in [5.41, 5.74) is 1.82. The smallest absolute Gasteiger partial charge is 0.412 e. The summed E-state index contributed by atoms with van der Waals surface area (Å²) >= 11 is 0. The average molecular weight is 310 g/mol. The van der Waals surface area contributed by atoms with Crippen LogP contribution < -0.4 is 5.32 Å². The summed E-state index contributed by atoms with van der Waals surface area (Å²) in [6.45, 7) is 0.151. The van der Waals surface area contributed by atoms with Gasteiger partial charge in [-0.05, 0) is 23.8 Å². The zero-order valence-corrected chi connectivity index (χ0v) is 12.1. The first-order valence-electron chi connectivity index (χ1n) is 6.88. The maximum atomic E-state index is 11.9. The summed E-state index contributed by atoms with van der Waals surface area (Å²) in [5, 5.41) is 19.8. The lowest BCUT2D eigenvalue weighted by atomic mass is 10.2. The standard InChI is InChI=1S/C16H14N4O3/c21-15-7-6-13(20-10-17-18-11-20)8-14(15)19-16(22)23-9-12-4-2-1-3-5-12/h1-8,10-11,21H,9H2,(H,19,22). The third-order valence-electron chi connectivity index (χ3n) is 3.15. The number of carbonyl (C=O) groups excluding carboxylic acids is 1. The molecule has 7 heteroatoms. The molecule has 1 aromatic heterocycles. The molecule has 0 atom stereocenters. The Labute approximate surface area is 132 Å². The fraction of sp³-hybridized carbons (Fsp3) is 0.0625.